The molecule has 1 aromatic rings. The minimum absolute atomic E-state index is 0.527. The molecule has 1 aliphatic rings. The van der Waals surface area contributed by atoms with Crippen LogP contribution in [0.25, 0.3) is 0 Å². The van der Waals surface area contributed by atoms with Gasteiger partial charge in [0.25, 0.3) is 0 Å². The number of nitriles is 2. The molecule has 20 heavy (non-hydrogen) atoms. The Kier molecular flexibility index (Phi) is 5.02. The minimum atomic E-state index is -0.544. The number of aryl methyl sites for hydroxylation is 1. The average molecular weight is 267 g/mol. The van der Waals surface area contributed by atoms with E-state index in [1.807, 2.05) is 12.1 Å². The van der Waals surface area contributed by atoms with E-state index in [1.54, 1.807) is 0 Å². The third-order valence-electron chi connectivity index (χ3n) is 4.03. The van der Waals surface area contributed by atoms with Crippen LogP contribution in [0.15, 0.2) is 18.2 Å². The van der Waals surface area contributed by atoms with E-state index < -0.39 is 5.92 Å². The first-order chi connectivity index (χ1) is 9.74. The van der Waals surface area contributed by atoms with Gasteiger partial charge in [-0.1, -0.05) is 18.9 Å². The summed E-state index contributed by atoms with van der Waals surface area (Å²) in [4.78, 5) is 2.45. The van der Waals surface area contributed by atoms with Crippen LogP contribution in [0, 0.1) is 35.5 Å². The van der Waals surface area contributed by atoms with E-state index in [0.717, 1.165) is 18.7 Å². The molecule has 1 aliphatic heterocycles. The molecule has 1 fully saturated rings. The summed E-state index contributed by atoms with van der Waals surface area (Å²) < 4.78 is 0. The largest absolute Gasteiger partial charge is 0.372 e. The molecule has 0 atom stereocenters. The predicted molar refractivity (Wildman–Crippen MR) is 80.3 cm³/mol. The molecule has 2 rings (SSSR count). The van der Waals surface area contributed by atoms with Crippen LogP contribution in [0.1, 0.15) is 36.8 Å². The van der Waals surface area contributed by atoms with Gasteiger partial charge in [-0.25, -0.2) is 0 Å². The summed E-state index contributed by atoms with van der Waals surface area (Å²) in [5, 5.41) is 17.8. The number of nitrogens with zero attached hydrogens (tertiary/aromatic N) is 3. The fourth-order valence-electron chi connectivity index (χ4n) is 2.77. The van der Waals surface area contributed by atoms with Gasteiger partial charge in [0.15, 0.2) is 0 Å². The maximum Gasteiger partial charge on any atom is 0.137 e. The van der Waals surface area contributed by atoms with Crippen LogP contribution >= 0.6 is 0 Å². The van der Waals surface area contributed by atoms with Gasteiger partial charge in [0.05, 0.1) is 12.1 Å². The van der Waals surface area contributed by atoms with Crippen molar-refractivity contribution < 1.29 is 0 Å². The SMILES string of the molecule is Cc1cc(N2CCCCCC2)ccc1CC(C#N)C#N. The lowest BCUT2D eigenvalue weighted by Gasteiger charge is -2.23. The van der Waals surface area contributed by atoms with Crippen molar-refractivity contribution in [3.8, 4) is 12.1 Å². The summed E-state index contributed by atoms with van der Waals surface area (Å²) in [6.07, 6.45) is 5.73. The van der Waals surface area contributed by atoms with Crippen LogP contribution in [0.5, 0.6) is 0 Å². The number of anilines is 1. The van der Waals surface area contributed by atoms with Crippen LogP contribution in [0.4, 0.5) is 5.69 Å². The highest BCUT2D eigenvalue weighted by molar-refractivity contribution is 5.51. The van der Waals surface area contributed by atoms with E-state index in [9.17, 15) is 0 Å². The van der Waals surface area contributed by atoms with Crippen molar-refractivity contribution >= 4 is 5.69 Å². The molecule has 0 unspecified atom stereocenters. The van der Waals surface area contributed by atoms with Crippen molar-refractivity contribution in [2.75, 3.05) is 18.0 Å². The normalized spacial score (nSPS) is 15.5. The molecule has 0 amide bonds. The summed E-state index contributed by atoms with van der Waals surface area (Å²) in [5.74, 6) is -0.544. The van der Waals surface area contributed by atoms with E-state index in [2.05, 4.69) is 30.0 Å². The highest BCUT2D eigenvalue weighted by atomic mass is 15.1. The second kappa shape index (κ2) is 6.96. The van der Waals surface area contributed by atoms with Crippen molar-refractivity contribution in [3.05, 3.63) is 29.3 Å². The first-order valence-electron chi connectivity index (χ1n) is 7.38. The molecule has 1 aromatic carbocycles. The molecule has 1 heterocycles. The first kappa shape index (κ1) is 14.4. The van der Waals surface area contributed by atoms with Crippen molar-refractivity contribution in [1.29, 1.82) is 10.5 Å². The molecular formula is C17H21N3. The highest BCUT2D eigenvalue weighted by Crippen LogP contribution is 2.23. The van der Waals surface area contributed by atoms with Crippen LogP contribution < -0.4 is 4.90 Å². The quantitative estimate of drug-likeness (QED) is 0.841. The highest BCUT2D eigenvalue weighted by Gasteiger charge is 2.13. The Balaban J connectivity index is 2.13. The van der Waals surface area contributed by atoms with Crippen molar-refractivity contribution in [2.24, 2.45) is 5.92 Å². The Morgan fingerprint density at radius 1 is 1.10 bits per heavy atom. The van der Waals surface area contributed by atoms with Crippen molar-refractivity contribution in [3.63, 3.8) is 0 Å². The molecule has 1 saturated heterocycles. The fraction of sp³-hybridized carbons (Fsp3) is 0.529. The van der Waals surface area contributed by atoms with Crippen LogP contribution in [0.2, 0.25) is 0 Å². The predicted octanol–water partition coefficient (Wildman–Crippen LogP) is 3.58. The molecule has 3 heteroatoms. The van der Waals surface area contributed by atoms with Gasteiger partial charge in [0, 0.05) is 25.2 Å². The first-order valence-corrected chi connectivity index (χ1v) is 7.38. The Bertz CT molecular complexity index is 514. The van der Waals surface area contributed by atoms with Gasteiger partial charge in [-0.05, 0) is 43.0 Å². The lowest BCUT2D eigenvalue weighted by Crippen LogP contribution is -2.23. The average Bonchev–Trinajstić information content (AvgIpc) is 2.75. The van der Waals surface area contributed by atoms with Gasteiger partial charge in [-0.3, -0.25) is 0 Å². The Hall–Kier alpha value is -2.00. The Morgan fingerprint density at radius 2 is 1.75 bits per heavy atom. The smallest absolute Gasteiger partial charge is 0.137 e. The molecule has 104 valence electrons. The molecule has 0 aliphatic carbocycles. The summed E-state index contributed by atoms with van der Waals surface area (Å²) >= 11 is 0. The molecule has 0 spiro atoms. The second-order valence-corrected chi connectivity index (χ2v) is 5.53. The van der Waals surface area contributed by atoms with Gasteiger partial charge in [-0.2, -0.15) is 10.5 Å². The standard InChI is InChI=1S/C17H21N3/c1-14-10-17(20-8-4-2-3-5-9-20)7-6-16(14)11-15(12-18)13-19/h6-7,10,15H,2-5,8-9,11H2,1H3. The molecule has 0 N–H and O–H groups in total. The number of hydrogen-bond acceptors (Lipinski definition) is 3. The maximum absolute atomic E-state index is 8.89. The summed E-state index contributed by atoms with van der Waals surface area (Å²) in [6, 6.07) is 10.5. The van der Waals surface area contributed by atoms with E-state index in [1.165, 1.54) is 36.9 Å². The van der Waals surface area contributed by atoms with Crippen molar-refractivity contribution in [1.82, 2.24) is 0 Å². The van der Waals surface area contributed by atoms with E-state index >= 15 is 0 Å². The topological polar surface area (TPSA) is 50.8 Å². The number of hydrogen-bond donors (Lipinski definition) is 0. The van der Waals surface area contributed by atoms with Gasteiger partial charge in [-0.15, -0.1) is 0 Å². The zero-order valence-corrected chi connectivity index (χ0v) is 12.1. The Labute approximate surface area is 121 Å². The van der Waals surface area contributed by atoms with Gasteiger partial charge in [0.1, 0.15) is 5.92 Å². The van der Waals surface area contributed by atoms with Crippen LogP contribution in [-0.4, -0.2) is 13.1 Å². The summed E-state index contributed by atoms with van der Waals surface area (Å²) in [6.45, 7) is 4.35. The fourth-order valence-corrected chi connectivity index (χ4v) is 2.77. The van der Waals surface area contributed by atoms with Crippen LogP contribution in [0.3, 0.4) is 0 Å². The lowest BCUT2D eigenvalue weighted by molar-refractivity contribution is 0.726. The number of rotatable bonds is 3. The van der Waals surface area contributed by atoms with E-state index in [0.29, 0.717) is 6.42 Å². The van der Waals surface area contributed by atoms with Gasteiger partial charge in [0.2, 0.25) is 0 Å². The second-order valence-electron chi connectivity index (χ2n) is 5.53. The summed E-state index contributed by atoms with van der Waals surface area (Å²) in [7, 11) is 0. The number of benzene rings is 1. The third kappa shape index (κ3) is 3.52. The molecular weight excluding hydrogens is 246 g/mol. The minimum Gasteiger partial charge on any atom is -0.372 e. The van der Waals surface area contributed by atoms with Crippen molar-refractivity contribution in [2.45, 2.75) is 39.0 Å². The van der Waals surface area contributed by atoms with Gasteiger partial charge < -0.3 is 4.90 Å². The van der Waals surface area contributed by atoms with Crippen LogP contribution in [-0.2, 0) is 6.42 Å². The molecule has 0 bridgehead atoms. The zero-order chi connectivity index (χ0) is 14.4. The molecule has 0 saturated carbocycles. The summed E-state index contributed by atoms with van der Waals surface area (Å²) in [5.41, 5.74) is 3.57. The third-order valence-corrected chi connectivity index (χ3v) is 4.03. The molecule has 0 aromatic heterocycles. The Morgan fingerprint density at radius 3 is 2.30 bits per heavy atom. The maximum atomic E-state index is 8.89. The lowest BCUT2D eigenvalue weighted by atomic mass is 9.97. The monoisotopic (exact) mass is 267 g/mol. The van der Waals surface area contributed by atoms with E-state index in [-0.39, 0.29) is 0 Å². The molecule has 3 nitrogen and oxygen atoms in total. The molecule has 0 radical (unpaired) electrons. The van der Waals surface area contributed by atoms with Gasteiger partial charge >= 0.3 is 0 Å². The van der Waals surface area contributed by atoms with E-state index in [4.69, 9.17) is 10.5 Å². The zero-order valence-electron chi connectivity index (χ0n) is 12.1.